The fourth-order valence-electron chi connectivity index (χ4n) is 2.61. The number of aliphatic hydroxyl groups excluding tert-OH is 1. The van der Waals surface area contributed by atoms with Crippen molar-refractivity contribution >= 4 is 22.7 Å². The lowest BCUT2D eigenvalue weighted by Crippen LogP contribution is -2.14. The second-order valence-corrected chi connectivity index (χ2v) is 6.17. The first-order valence-electron chi connectivity index (χ1n) is 7.31. The zero-order valence-electron chi connectivity index (χ0n) is 12.5. The van der Waals surface area contributed by atoms with Crippen molar-refractivity contribution in [2.45, 2.75) is 12.5 Å². The average Bonchev–Trinajstić information content (AvgIpc) is 3.05. The van der Waals surface area contributed by atoms with Gasteiger partial charge >= 0.3 is 0 Å². The third-order valence-corrected chi connectivity index (χ3v) is 4.44. The van der Waals surface area contributed by atoms with Crippen molar-refractivity contribution in [2.75, 3.05) is 18.6 Å². The van der Waals surface area contributed by atoms with Gasteiger partial charge in [-0.1, -0.05) is 18.2 Å². The molecule has 0 spiro atoms. The Morgan fingerprint density at radius 1 is 1.23 bits per heavy atom. The van der Waals surface area contributed by atoms with Gasteiger partial charge in [0.15, 0.2) is 0 Å². The van der Waals surface area contributed by atoms with Crippen LogP contribution in [0.5, 0.6) is 0 Å². The maximum absolute atomic E-state index is 9.70. The maximum atomic E-state index is 9.70. The molecule has 3 aromatic rings. The van der Waals surface area contributed by atoms with Gasteiger partial charge in [0.25, 0.3) is 0 Å². The van der Waals surface area contributed by atoms with E-state index in [4.69, 9.17) is 0 Å². The second kappa shape index (κ2) is 6.94. The normalized spacial score (nSPS) is 12.6. The Labute approximate surface area is 134 Å². The Balaban J connectivity index is 1.98. The van der Waals surface area contributed by atoms with Crippen LogP contribution in [0.15, 0.2) is 48.9 Å². The molecule has 22 heavy (non-hydrogen) atoms. The molecule has 0 fully saturated rings. The van der Waals surface area contributed by atoms with Crippen molar-refractivity contribution in [3.05, 3.63) is 48.9 Å². The minimum Gasteiger partial charge on any atom is -0.394 e. The van der Waals surface area contributed by atoms with E-state index < -0.39 is 0 Å². The Bertz CT molecular complexity index is 756. The van der Waals surface area contributed by atoms with Crippen LogP contribution < -0.4 is 0 Å². The van der Waals surface area contributed by atoms with Gasteiger partial charge in [0, 0.05) is 29.5 Å². The summed E-state index contributed by atoms with van der Waals surface area (Å²) in [5.41, 5.74) is 1.98. The topological polar surface area (TPSA) is 50.9 Å². The van der Waals surface area contributed by atoms with E-state index in [9.17, 15) is 5.11 Å². The first-order valence-corrected chi connectivity index (χ1v) is 8.70. The molecule has 3 rings (SSSR count). The van der Waals surface area contributed by atoms with E-state index in [0.717, 1.165) is 34.5 Å². The van der Waals surface area contributed by atoms with Crippen LogP contribution in [0, 0.1) is 0 Å². The Kier molecular flexibility index (Phi) is 4.75. The lowest BCUT2D eigenvalue weighted by atomic mass is 10.1. The first kappa shape index (κ1) is 15.1. The van der Waals surface area contributed by atoms with E-state index in [1.54, 1.807) is 24.2 Å². The highest BCUT2D eigenvalue weighted by atomic mass is 32.2. The van der Waals surface area contributed by atoms with Crippen molar-refractivity contribution < 1.29 is 5.11 Å². The van der Waals surface area contributed by atoms with Crippen LogP contribution in [-0.4, -0.2) is 38.3 Å². The van der Waals surface area contributed by atoms with Gasteiger partial charge in [-0.15, -0.1) is 0 Å². The highest BCUT2D eigenvalue weighted by Gasteiger charge is 2.15. The van der Waals surface area contributed by atoms with Crippen molar-refractivity contribution in [2.24, 2.45) is 0 Å². The lowest BCUT2D eigenvalue weighted by Gasteiger charge is -2.18. The fraction of sp³-hybridized carbons (Fsp3) is 0.294. The van der Waals surface area contributed by atoms with Gasteiger partial charge in [-0.3, -0.25) is 4.98 Å². The monoisotopic (exact) mass is 313 g/mol. The third kappa shape index (κ3) is 3.00. The third-order valence-electron chi connectivity index (χ3n) is 3.79. The predicted molar refractivity (Wildman–Crippen MR) is 92.1 cm³/mol. The SMILES string of the molecule is CSCC[C@@H](CO)n1ccnc1-c1ccc2cccnc2c1. The molecule has 0 saturated carbocycles. The number of aliphatic hydroxyl groups is 1. The number of nitrogens with zero attached hydrogens (tertiary/aromatic N) is 3. The molecule has 0 unspecified atom stereocenters. The molecule has 1 N–H and O–H groups in total. The molecule has 0 amide bonds. The van der Waals surface area contributed by atoms with E-state index in [1.165, 1.54) is 0 Å². The first-order chi connectivity index (χ1) is 10.8. The number of fused-ring (bicyclic) bond motifs is 1. The molecule has 0 saturated heterocycles. The second-order valence-electron chi connectivity index (χ2n) is 5.19. The number of aromatic nitrogens is 3. The highest BCUT2D eigenvalue weighted by Crippen LogP contribution is 2.26. The van der Waals surface area contributed by atoms with Gasteiger partial charge in [-0.05, 0) is 30.6 Å². The number of pyridine rings is 1. The summed E-state index contributed by atoms with van der Waals surface area (Å²) in [4.78, 5) is 8.89. The minimum absolute atomic E-state index is 0.0596. The van der Waals surface area contributed by atoms with Crippen LogP contribution in [0.25, 0.3) is 22.3 Å². The van der Waals surface area contributed by atoms with Gasteiger partial charge in [-0.2, -0.15) is 11.8 Å². The van der Waals surface area contributed by atoms with Crippen LogP contribution >= 0.6 is 11.8 Å². The molecular formula is C17H19N3OS. The molecule has 1 atom stereocenters. The van der Waals surface area contributed by atoms with E-state index in [0.29, 0.717) is 0 Å². The Morgan fingerprint density at radius 3 is 2.95 bits per heavy atom. The van der Waals surface area contributed by atoms with Crippen molar-refractivity contribution in [3.63, 3.8) is 0 Å². The molecule has 114 valence electrons. The van der Waals surface area contributed by atoms with Crippen LogP contribution in [0.1, 0.15) is 12.5 Å². The zero-order chi connectivity index (χ0) is 15.4. The van der Waals surface area contributed by atoms with Crippen LogP contribution in [0.3, 0.4) is 0 Å². The fourth-order valence-corrected chi connectivity index (χ4v) is 3.12. The van der Waals surface area contributed by atoms with Gasteiger partial charge in [-0.25, -0.2) is 4.98 Å². The summed E-state index contributed by atoms with van der Waals surface area (Å²) in [6, 6.07) is 10.2. The molecule has 0 bridgehead atoms. The van der Waals surface area contributed by atoms with Gasteiger partial charge in [0.2, 0.25) is 0 Å². The molecular weight excluding hydrogens is 294 g/mol. The Morgan fingerprint density at radius 2 is 2.14 bits per heavy atom. The molecule has 0 aliphatic carbocycles. The van der Waals surface area contributed by atoms with E-state index in [2.05, 4.69) is 39.0 Å². The quantitative estimate of drug-likeness (QED) is 0.758. The average molecular weight is 313 g/mol. The summed E-state index contributed by atoms with van der Waals surface area (Å²) >= 11 is 1.79. The Hall–Kier alpha value is -1.85. The summed E-state index contributed by atoms with van der Waals surface area (Å²) in [6.45, 7) is 0.121. The number of rotatable bonds is 6. The molecule has 2 heterocycles. The molecule has 1 aromatic carbocycles. The van der Waals surface area contributed by atoms with E-state index in [1.807, 2.05) is 18.3 Å². The van der Waals surface area contributed by atoms with Crippen LogP contribution in [-0.2, 0) is 0 Å². The number of benzene rings is 1. The molecule has 5 heteroatoms. The molecule has 2 aromatic heterocycles. The highest BCUT2D eigenvalue weighted by molar-refractivity contribution is 7.98. The minimum atomic E-state index is 0.0596. The van der Waals surface area contributed by atoms with Gasteiger partial charge in [0.1, 0.15) is 5.82 Å². The number of hydrogen-bond acceptors (Lipinski definition) is 4. The van der Waals surface area contributed by atoms with Crippen LogP contribution in [0.2, 0.25) is 0 Å². The van der Waals surface area contributed by atoms with E-state index in [-0.39, 0.29) is 12.6 Å². The summed E-state index contributed by atoms with van der Waals surface area (Å²) in [5.74, 6) is 1.90. The van der Waals surface area contributed by atoms with Crippen molar-refractivity contribution in [1.82, 2.24) is 14.5 Å². The van der Waals surface area contributed by atoms with E-state index >= 15 is 0 Å². The number of thioether (sulfide) groups is 1. The van der Waals surface area contributed by atoms with Gasteiger partial charge < -0.3 is 9.67 Å². The zero-order valence-corrected chi connectivity index (χ0v) is 13.3. The predicted octanol–water partition coefficient (Wildman–Crippen LogP) is 3.38. The largest absolute Gasteiger partial charge is 0.394 e. The summed E-state index contributed by atoms with van der Waals surface area (Å²) < 4.78 is 2.07. The number of imidazole rings is 1. The summed E-state index contributed by atoms with van der Waals surface area (Å²) in [5, 5.41) is 10.8. The molecule has 0 aliphatic heterocycles. The van der Waals surface area contributed by atoms with Crippen molar-refractivity contribution in [3.8, 4) is 11.4 Å². The summed E-state index contributed by atoms with van der Waals surface area (Å²) in [7, 11) is 0. The smallest absolute Gasteiger partial charge is 0.140 e. The molecule has 0 aliphatic rings. The maximum Gasteiger partial charge on any atom is 0.140 e. The van der Waals surface area contributed by atoms with Crippen LogP contribution in [0.4, 0.5) is 0 Å². The number of hydrogen-bond donors (Lipinski definition) is 1. The standard InChI is InChI=1S/C17H19N3OS/c1-22-10-6-15(12-21)20-9-8-19-17(20)14-5-4-13-3-2-7-18-16(13)11-14/h2-5,7-9,11,15,21H,6,10,12H2,1H3/t15-/m0/s1. The lowest BCUT2D eigenvalue weighted by molar-refractivity contribution is 0.226. The summed E-state index contributed by atoms with van der Waals surface area (Å²) in [6.07, 6.45) is 8.54. The molecule has 0 radical (unpaired) electrons. The molecule has 4 nitrogen and oxygen atoms in total. The van der Waals surface area contributed by atoms with Gasteiger partial charge in [0.05, 0.1) is 18.2 Å². The van der Waals surface area contributed by atoms with Crippen molar-refractivity contribution in [1.29, 1.82) is 0 Å².